The van der Waals surface area contributed by atoms with Gasteiger partial charge in [-0.3, -0.25) is 0 Å². The molecule has 0 saturated heterocycles. The zero-order chi connectivity index (χ0) is 18.9. The number of nitriles is 1. The first kappa shape index (κ1) is 19.1. The molecule has 0 amide bonds. The van der Waals surface area contributed by atoms with Crippen LogP contribution in [0.3, 0.4) is 0 Å². The van der Waals surface area contributed by atoms with Crippen molar-refractivity contribution in [2.45, 2.75) is 19.8 Å². The molecule has 0 saturated carbocycles. The largest absolute Gasteiger partial charge is 0.490 e. The molecule has 2 aromatic carbocycles. The van der Waals surface area contributed by atoms with Crippen LogP contribution in [0.1, 0.15) is 30.9 Å². The van der Waals surface area contributed by atoms with Crippen molar-refractivity contribution in [2.24, 2.45) is 0 Å². The van der Waals surface area contributed by atoms with E-state index in [0.717, 1.165) is 5.75 Å². The number of nitrogens with zero attached hydrogens (tertiary/aromatic N) is 1. The zero-order valence-electron chi connectivity index (χ0n) is 14.8. The number of carboxylic acid groups (broad SMARTS) is 1. The van der Waals surface area contributed by atoms with Crippen LogP contribution >= 0.6 is 0 Å². The summed E-state index contributed by atoms with van der Waals surface area (Å²) in [6, 6.07) is 16.5. The Bertz CT molecular complexity index is 817. The van der Waals surface area contributed by atoms with E-state index in [1.165, 1.54) is 11.6 Å². The predicted octanol–water partition coefficient (Wildman–Crippen LogP) is 4.26. The van der Waals surface area contributed by atoms with Crippen molar-refractivity contribution in [3.63, 3.8) is 0 Å². The summed E-state index contributed by atoms with van der Waals surface area (Å²) in [5.41, 5.74) is 1.44. The second-order valence-electron chi connectivity index (χ2n) is 5.93. The van der Waals surface area contributed by atoms with Gasteiger partial charge in [0.1, 0.15) is 36.4 Å². The first-order valence-corrected chi connectivity index (χ1v) is 8.31. The van der Waals surface area contributed by atoms with Crippen LogP contribution in [0.15, 0.2) is 54.1 Å². The Morgan fingerprint density at radius 3 is 2.38 bits per heavy atom. The fourth-order valence-corrected chi connectivity index (χ4v) is 2.29. The van der Waals surface area contributed by atoms with Crippen LogP contribution in [0.2, 0.25) is 0 Å². The van der Waals surface area contributed by atoms with E-state index in [2.05, 4.69) is 13.8 Å². The van der Waals surface area contributed by atoms with E-state index in [-0.39, 0.29) is 5.57 Å². The topological polar surface area (TPSA) is 79.5 Å². The number of aliphatic carboxylic acids is 1. The lowest BCUT2D eigenvalue weighted by Crippen LogP contribution is -2.09. The van der Waals surface area contributed by atoms with Gasteiger partial charge in [-0.2, -0.15) is 5.26 Å². The van der Waals surface area contributed by atoms with Gasteiger partial charge in [-0.05, 0) is 35.8 Å². The number of carboxylic acids is 1. The molecule has 0 heterocycles. The normalized spacial score (nSPS) is 11.1. The maximum atomic E-state index is 11.0. The van der Waals surface area contributed by atoms with Gasteiger partial charge in [0.05, 0.1) is 0 Å². The number of hydrogen-bond donors (Lipinski definition) is 1. The minimum atomic E-state index is -1.27. The Morgan fingerprint density at radius 1 is 1.12 bits per heavy atom. The molecule has 0 spiro atoms. The van der Waals surface area contributed by atoms with Crippen LogP contribution in [0.5, 0.6) is 11.5 Å². The molecule has 26 heavy (non-hydrogen) atoms. The van der Waals surface area contributed by atoms with Crippen LogP contribution < -0.4 is 9.47 Å². The fourth-order valence-electron chi connectivity index (χ4n) is 2.29. The number of benzene rings is 2. The number of rotatable bonds is 8. The smallest absolute Gasteiger partial charge is 0.346 e. The van der Waals surface area contributed by atoms with Gasteiger partial charge < -0.3 is 14.6 Å². The Balaban J connectivity index is 1.94. The molecule has 5 heteroatoms. The minimum Gasteiger partial charge on any atom is -0.490 e. The summed E-state index contributed by atoms with van der Waals surface area (Å²) >= 11 is 0. The minimum absolute atomic E-state index is 0.297. The van der Waals surface area contributed by atoms with E-state index >= 15 is 0 Å². The molecule has 0 aliphatic rings. The molecule has 2 aromatic rings. The lowest BCUT2D eigenvalue weighted by Gasteiger charge is -2.11. The summed E-state index contributed by atoms with van der Waals surface area (Å²) in [6.07, 6.45) is 1.29. The second kappa shape index (κ2) is 9.28. The predicted molar refractivity (Wildman–Crippen MR) is 99.2 cm³/mol. The summed E-state index contributed by atoms with van der Waals surface area (Å²) in [5, 5.41) is 17.9. The highest BCUT2D eigenvalue weighted by molar-refractivity contribution is 5.96. The van der Waals surface area contributed by atoms with Gasteiger partial charge in [0, 0.05) is 5.56 Å². The van der Waals surface area contributed by atoms with Crippen molar-refractivity contribution in [2.75, 3.05) is 13.2 Å². The number of carbonyl (C=O) groups is 1. The lowest BCUT2D eigenvalue weighted by molar-refractivity contribution is -0.132. The molecular weight excluding hydrogens is 330 g/mol. The summed E-state index contributed by atoms with van der Waals surface area (Å²) < 4.78 is 11.3. The molecule has 0 unspecified atom stereocenters. The molecule has 0 bridgehead atoms. The van der Waals surface area contributed by atoms with E-state index in [0.29, 0.717) is 30.4 Å². The third-order valence-corrected chi connectivity index (χ3v) is 3.73. The van der Waals surface area contributed by atoms with Gasteiger partial charge in [0.15, 0.2) is 0 Å². The summed E-state index contributed by atoms with van der Waals surface area (Å²) in [4.78, 5) is 11.0. The SMILES string of the molecule is CC(C)c1ccc(OCCOc2ccccc2C=C(C#N)C(=O)O)cc1. The Labute approximate surface area is 153 Å². The molecule has 0 aromatic heterocycles. The van der Waals surface area contributed by atoms with Gasteiger partial charge in [0.25, 0.3) is 0 Å². The standard InChI is InChI=1S/C21H21NO4/c1-15(2)16-7-9-19(10-8-16)25-11-12-26-20-6-4-3-5-17(20)13-18(14-22)21(23)24/h3-10,13,15H,11-12H2,1-2H3,(H,23,24). The van der Waals surface area contributed by atoms with Crippen molar-refractivity contribution in [1.29, 1.82) is 5.26 Å². The summed E-state index contributed by atoms with van der Waals surface area (Å²) in [5.74, 6) is 0.473. The van der Waals surface area contributed by atoms with Crippen molar-refractivity contribution in [3.05, 3.63) is 65.2 Å². The average Bonchev–Trinajstić information content (AvgIpc) is 2.64. The molecule has 0 aliphatic heterocycles. The fraction of sp³-hybridized carbons (Fsp3) is 0.238. The van der Waals surface area contributed by atoms with Gasteiger partial charge in [-0.15, -0.1) is 0 Å². The summed E-state index contributed by atoms with van der Waals surface area (Å²) in [7, 11) is 0. The molecule has 0 radical (unpaired) electrons. The van der Waals surface area contributed by atoms with Crippen molar-refractivity contribution in [1.82, 2.24) is 0 Å². The van der Waals surface area contributed by atoms with E-state index in [1.54, 1.807) is 30.3 Å². The Morgan fingerprint density at radius 2 is 1.77 bits per heavy atom. The lowest BCUT2D eigenvalue weighted by atomic mass is 10.0. The quantitative estimate of drug-likeness (QED) is 0.437. The first-order chi connectivity index (χ1) is 12.5. The maximum absolute atomic E-state index is 11.0. The molecule has 134 valence electrons. The maximum Gasteiger partial charge on any atom is 0.346 e. The average molecular weight is 351 g/mol. The third kappa shape index (κ3) is 5.38. The zero-order valence-corrected chi connectivity index (χ0v) is 14.8. The number of ether oxygens (including phenoxy) is 2. The van der Waals surface area contributed by atoms with Gasteiger partial charge in [0.2, 0.25) is 0 Å². The molecule has 2 rings (SSSR count). The molecule has 0 fully saturated rings. The van der Waals surface area contributed by atoms with Crippen molar-refractivity contribution in [3.8, 4) is 17.6 Å². The van der Waals surface area contributed by atoms with E-state index in [4.69, 9.17) is 19.8 Å². The van der Waals surface area contributed by atoms with E-state index in [9.17, 15) is 4.79 Å². The Kier molecular flexibility index (Phi) is 6.81. The summed E-state index contributed by atoms with van der Waals surface area (Å²) in [6.45, 7) is 4.92. The van der Waals surface area contributed by atoms with E-state index in [1.807, 2.05) is 24.3 Å². The van der Waals surface area contributed by atoms with Crippen LogP contribution in [-0.4, -0.2) is 24.3 Å². The highest BCUT2D eigenvalue weighted by Crippen LogP contribution is 2.21. The third-order valence-electron chi connectivity index (χ3n) is 3.73. The van der Waals surface area contributed by atoms with Crippen LogP contribution in [0, 0.1) is 11.3 Å². The highest BCUT2D eigenvalue weighted by atomic mass is 16.5. The first-order valence-electron chi connectivity index (χ1n) is 8.31. The van der Waals surface area contributed by atoms with Crippen LogP contribution in [0.4, 0.5) is 0 Å². The van der Waals surface area contributed by atoms with Crippen molar-refractivity contribution >= 4 is 12.0 Å². The number of hydrogen-bond acceptors (Lipinski definition) is 4. The number of para-hydroxylation sites is 1. The molecular formula is C21H21NO4. The van der Waals surface area contributed by atoms with Crippen LogP contribution in [0.25, 0.3) is 6.08 Å². The second-order valence-corrected chi connectivity index (χ2v) is 5.93. The molecule has 0 aliphatic carbocycles. The highest BCUT2D eigenvalue weighted by Gasteiger charge is 2.08. The van der Waals surface area contributed by atoms with Gasteiger partial charge in [-0.1, -0.05) is 44.2 Å². The molecule has 0 atom stereocenters. The van der Waals surface area contributed by atoms with E-state index < -0.39 is 5.97 Å². The van der Waals surface area contributed by atoms with Crippen LogP contribution in [-0.2, 0) is 4.79 Å². The Hall–Kier alpha value is -3.26. The van der Waals surface area contributed by atoms with Gasteiger partial charge in [-0.25, -0.2) is 4.79 Å². The molecule has 5 nitrogen and oxygen atoms in total. The van der Waals surface area contributed by atoms with Gasteiger partial charge >= 0.3 is 5.97 Å². The monoisotopic (exact) mass is 351 g/mol. The van der Waals surface area contributed by atoms with Crippen molar-refractivity contribution < 1.29 is 19.4 Å². The molecule has 1 N–H and O–H groups in total.